The average molecular weight is 580 g/mol. The predicted octanol–water partition coefficient (Wildman–Crippen LogP) is 5.23. The van der Waals surface area contributed by atoms with Gasteiger partial charge < -0.3 is 15.0 Å². The van der Waals surface area contributed by atoms with E-state index in [-0.39, 0.29) is 23.4 Å². The number of methoxy groups -OCH3 is 1. The van der Waals surface area contributed by atoms with Gasteiger partial charge in [0.25, 0.3) is 10.0 Å². The molecule has 0 heterocycles. The van der Waals surface area contributed by atoms with Gasteiger partial charge in [0.2, 0.25) is 11.8 Å². The number of para-hydroxylation sites is 1. The minimum atomic E-state index is -4.11. The number of ether oxygens (including phenoxy) is 1. The van der Waals surface area contributed by atoms with Gasteiger partial charge in [0, 0.05) is 12.6 Å². The van der Waals surface area contributed by atoms with Crippen LogP contribution in [0.25, 0.3) is 0 Å². The first-order valence-corrected chi connectivity index (χ1v) is 15.3. The topological polar surface area (TPSA) is 96.0 Å². The first-order valence-electron chi connectivity index (χ1n) is 13.9. The summed E-state index contributed by atoms with van der Waals surface area (Å²) in [5.74, 6) is -0.0819. The molecule has 0 aliphatic carbocycles. The van der Waals surface area contributed by atoms with E-state index in [0.29, 0.717) is 23.4 Å². The van der Waals surface area contributed by atoms with Crippen molar-refractivity contribution in [3.63, 3.8) is 0 Å². The Kier molecular flexibility index (Phi) is 10.9. The highest BCUT2D eigenvalue weighted by Crippen LogP contribution is 2.28. The third kappa shape index (κ3) is 7.88. The van der Waals surface area contributed by atoms with E-state index in [1.165, 1.54) is 4.90 Å². The number of amides is 2. The molecule has 0 aliphatic rings. The Morgan fingerprint density at radius 2 is 1.54 bits per heavy atom. The Morgan fingerprint density at radius 1 is 0.902 bits per heavy atom. The van der Waals surface area contributed by atoms with Crippen molar-refractivity contribution in [3.05, 3.63) is 89.5 Å². The molecule has 0 saturated carbocycles. The summed E-state index contributed by atoms with van der Waals surface area (Å²) in [5, 5.41) is 2.99. The molecule has 1 N–H and O–H groups in total. The number of nitrogens with one attached hydrogen (secondary N) is 1. The van der Waals surface area contributed by atoms with E-state index in [2.05, 4.69) is 5.32 Å². The lowest BCUT2D eigenvalue weighted by atomic mass is 10.1. The number of hydrogen-bond acceptors (Lipinski definition) is 5. The summed E-state index contributed by atoms with van der Waals surface area (Å²) in [4.78, 5) is 29.1. The molecular formula is C32H41N3O5S. The SMILES string of the molecule is CC[C@@H](C)NC(=O)[C@@H](CC)N(Cc1ccc(OC)cc1)C(=O)CN(c1ccccc1C)S(=O)(=O)c1ccc(C)cc1. The molecule has 2 amide bonds. The van der Waals surface area contributed by atoms with Crippen LogP contribution in [0.2, 0.25) is 0 Å². The molecule has 9 heteroatoms. The number of hydrogen-bond donors (Lipinski definition) is 1. The number of sulfonamides is 1. The fourth-order valence-corrected chi connectivity index (χ4v) is 5.96. The van der Waals surface area contributed by atoms with Crippen molar-refractivity contribution in [2.45, 2.75) is 71.0 Å². The molecule has 3 rings (SSSR count). The van der Waals surface area contributed by atoms with Gasteiger partial charge in [-0.25, -0.2) is 8.42 Å². The van der Waals surface area contributed by atoms with Crippen molar-refractivity contribution in [1.82, 2.24) is 10.2 Å². The Balaban J connectivity index is 2.06. The molecule has 0 bridgehead atoms. The molecule has 220 valence electrons. The van der Waals surface area contributed by atoms with Crippen LogP contribution in [-0.4, -0.2) is 50.9 Å². The lowest BCUT2D eigenvalue weighted by molar-refractivity contribution is -0.140. The molecule has 0 fully saturated rings. The zero-order chi connectivity index (χ0) is 30.2. The fourth-order valence-electron chi connectivity index (χ4n) is 4.48. The number of aryl methyl sites for hydroxylation is 2. The molecule has 3 aromatic rings. The number of anilines is 1. The van der Waals surface area contributed by atoms with Gasteiger partial charge in [-0.15, -0.1) is 0 Å². The number of rotatable bonds is 13. The average Bonchev–Trinajstić information content (AvgIpc) is 2.96. The fraction of sp³-hybridized carbons (Fsp3) is 0.375. The molecule has 8 nitrogen and oxygen atoms in total. The second-order valence-corrected chi connectivity index (χ2v) is 12.1. The Labute approximate surface area is 244 Å². The van der Waals surface area contributed by atoms with E-state index in [4.69, 9.17) is 4.74 Å². The van der Waals surface area contributed by atoms with Gasteiger partial charge in [-0.05, 0) is 75.1 Å². The minimum absolute atomic E-state index is 0.0696. The first-order chi connectivity index (χ1) is 19.5. The number of carbonyl (C=O) groups excluding carboxylic acids is 2. The standard InChI is InChI=1S/C32H41N3O5S/c1-7-25(5)33-32(37)29(8-2)34(21-26-15-17-27(40-6)18-16-26)31(36)22-35(30-12-10-9-11-24(30)4)41(38,39)28-19-13-23(3)14-20-28/h9-20,25,29H,7-8,21-22H2,1-6H3,(H,33,37)/t25-,29-/m1/s1. The van der Waals surface area contributed by atoms with Crippen LogP contribution in [0.5, 0.6) is 5.75 Å². The third-order valence-electron chi connectivity index (χ3n) is 7.17. The molecule has 0 spiro atoms. The summed E-state index contributed by atoms with van der Waals surface area (Å²) >= 11 is 0. The molecule has 2 atom stereocenters. The van der Waals surface area contributed by atoms with E-state index in [9.17, 15) is 18.0 Å². The second kappa shape index (κ2) is 14.2. The molecule has 0 aliphatic heterocycles. The zero-order valence-electron chi connectivity index (χ0n) is 24.8. The first kappa shape index (κ1) is 31.7. The predicted molar refractivity (Wildman–Crippen MR) is 162 cm³/mol. The van der Waals surface area contributed by atoms with Crippen LogP contribution in [0.15, 0.2) is 77.7 Å². The Hall–Kier alpha value is -3.85. The third-order valence-corrected chi connectivity index (χ3v) is 8.94. The number of benzene rings is 3. The van der Waals surface area contributed by atoms with Gasteiger partial charge in [0.05, 0.1) is 17.7 Å². The summed E-state index contributed by atoms with van der Waals surface area (Å²) in [6.45, 7) is 9.08. The van der Waals surface area contributed by atoms with Crippen molar-refractivity contribution >= 4 is 27.5 Å². The van der Waals surface area contributed by atoms with E-state index in [1.807, 2.05) is 45.9 Å². The van der Waals surface area contributed by atoms with Crippen molar-refractivity contribution in [2.75, 3.05) is 18.0 Å². The number of nitrogens with zero attached hydrogens (tertiary/aromatic N) is 2. The summed E-state index contributed by atoms with van der Waals surface area (Å²) in [7, 11) is -2.54. The zero-order valence-corrected chi connectivity index (χ0v) is 25.6. The van der Waals surface area contributed by atoms with Crippen molar-refractivity contribution < 1.29 is 22.7 Å². The van der Waals surface area contributed by atoms with Gasteiger partial charge in [-0.2, -0.15) is 0 Å². The van der Waals surface area contributed by atoms with Crippen molar-refractivity contribution in [2.24, 2.45) is 0 Å². The van der Waals surface area contributed by atoms with Crippen LogP contribution in [0.4, 0.5) is 5.69 Å². The number of carbonyl (C=O) groups is 2. The summed E-state index contributed by atoms with van der Waals surface area (Å²) in [6.07, 6.45) is 1.10. The monoisotopic (exact) mass is 579 g/mol. The van der Waals surface area contributed by atoms with E-state index in [1.54, 1.807) is 68.6 Å². The van der Waals surface area contributed by atoms with Crippen molar-refractivity contribution in [3.8, 4) is 5.75 Å². The molecule has 0 unspecified atom stereocenters. The van der Waals surface area contributed by atoms with Crippen LogP contribution in [0.3, 0.4) is 0 Å². The maximum absolute atomic E-state index is 14.2. The summed E-state index contributed by atoms with van der Waals surface area (Å²) in [5.41, 5.74) is 2.83. The Morgan fingerprint density at radius 3 is 2.10 bits per heavy atom. The van der Waals surface area contributed by atoms with Crippen LogP contribution >= 0.6 is 0 Å². The van der Waals surface area contributed by atoms with Crippen LogP contribution in [-0.2, 0) is 26.2 Å². The Bertz CT molecular complexity index is 1420. The molecule has 3 aromatic carbocycles. The summed E-state index contributed by atoms with van der Waals surface area (Å²) in [6, 6.07) is 20.0. The highest BCUT2D eigenvalue weighted by Gasteiger charge is 2.34. The van der Waals surface area contributed by atoms with E-state index >= 15 is 0 Å². The lowest BCUT2D eigenvalue weighted by Gasteiger charge is -2.34. The van der Waals surface area contributed by atoms with Gasteiger partial charge in [0.15, 0.2) is 0 Å². The maximum atomic E-state index is 14.2. The quantitative estimate of drug-likeness (QED) is 0.299. The largest absolute Gasteiger partial charge is 0.497 e. The van der Waals surface area contributed by atoms with Gasteiger partial charge in [-0.3, -0.25) is 13.9 Å². The van der Waals surface area contributed by atoms with Crippen LogP contribution in [0.1, 0.15) is 50.3 Å². The smallest absolute Gasteiger partial charge is 0.264 e. The van der Waals surface area contributed by atoms with E-state index in [0.717, 1.165) is 21.9 Å². The van der Waals surface area contributed by atoms with E-state index < -0.39 is 28.5 Å². The summed E-state index contributed by atoms with van der Waals surface area (Å²) < 4.78 is 34.4. The molecule has 0 aromatic heterocycles. The van der Waals surface area contributed by atoms with Crippen molar-refractivity contribution in [1.29, 1.82) is 0 Å². The van der Waals surface area contributed by atoms with Gasteiger partial charge >= 0.3 is 0 Å². The normalized spacial score (nSPS) is 12.7. The van der Waals surface area contributed by atoms with Gasteiger partial charge in [-0.1, -0.05) is 61.9 Å². The maximum Gasteiger partial charge on any atom is 0.264 e. The second-order valence-electron chi connectivity index (χ2n) is 10.2. The molecule has 0 radical (unpaired) electrons. The lowest BCUT2D eigenvalue weighted by Crippen LogP contribution is -2.53. The highest BCUT2D eigenvalue weighted by molar-refractivity contribution is 7.92. The molecule has 0 saturated heterocycles. The molecular weight excluding hydrogens is 538 g/mol. The minimum Gasteiger partial charge on any atom is -0.497 e. The van der Waals surface area contributed by atoms with Crippen LogP contribution < -0.4 is 14.4 Å². The van der Waals surface area contributed by atoms with Gasteiger partial charge in [0.1, 0.15) is 18.3 Å². The highest BCUT2D eigenvalue weighted by atomic mass is 32.2. The molecule has 41 heavy (non-hydrogen) atoms. The van der Waals surface area contributed by atoms with Crippen LogP contribution in [0, 0.1) is 13.8 Å².